The lowest BCUT2D eigenvalue weighted by Crippen LogP contribution is -2.19. The third kappa shape index (κ3) is 7.42. The smallest absolute Gasteiger partial charge is 0.361 e. The molecule has 0 saturated heterocycles. The first-order chi connectivity index (χ1) is 20.6. The van der Waals surface area contributed by atoms with Crippen LogP contribution in [0, 0.1) is 6.92 Å². The van der Waals surface area contributed by atoms with Crippen molar-refractivity contribution in [1.29, 1.82) is 0 Å². The molecule has 8 nitrogen and oxygen atoms in total. The molecule has 212 valence electrons. The number of hydrogen-bond donors (Lipinski definition) is 0. The van der Waals surface area contributed by atoms with E-state index in [1.807, 2.05) is 91.9 Å². The number of oxime groups is 1. The third-order valence-corrected chi connectivity index (χ3v) is 6.15. The quantitative estimate of drug-likeness (QED) is 0.0883. The largest absolute Gasteiger partial charge is 0.487 e. The van der Waals surface area contributed by atoms with Crippen LogP contribution in [0.25, 0.3) is 11.5 Å². The van der Waals surface area contributed by atoms with E-state index in [2.05, 4.69) is 10.1 Å². The second-order valence-corrected chi connectivity index (χ2v) is 9.20. The Balaban J connectivity index is 1.20. The SMILES string of the molecule is CCOC(=O)/C(=N/OCc1ccc(OCc2nc(-c3ccccc3)oc2C)cc1)c1cccc(Oc2ccccc2)c1. The topological polar surface area (TPSA) is 92.4 Å². The van der Waals surface area contributed by atoms with E-state index in [0.29, 0.717) is 34.5 Å². The van der Waals surface area contributed by atoms with Crippen LogP contribution in [0.4, 0.5) is 0 Å². The molecule has 1 aromatic heterocycles. The minimum Gasteiger partial charge on any atom is -0.487 e. The molecule has 0 aliphatic heterocycles. The van der Waals surface area contributed by atoms with Gasteiger partial charge >= 0.3 is 5.97 Å². The molecule has 0 aliphatic carbocycles. The summed E-state index contributed by atoms with van der Waals surface area (Å²) in [6, 6.07) is 33.6. The molecule has 0 radical (unpaired) electrons. The average molecular weight is 563 g/mol. The number of aryl methyl sites for hydroxylation is 1. The van der Waals surface area contributed by atoms with Gasteiger partial charge in [0.2, 0.25) is 5.89 Å². The number of hydrogen-bond acceptors (Lipinski definition) is 8. The molecule has 0 amide bonds. The van der Waals surface area contributed by atoms with E-state index in [4.69, 9.17) is 23.5 Å². The van der Waals surface area contributed by atoms with Crippen LogP contribution in [-0.2, 0) is 27.6 Å². The number of rotatable bonds is 12. The molecule has 0 fully saturated rings. The first-order valence-corrected chi connectivity index (χ1v) is 13.5. The van der Waals surface area contributed by atoms with Crippen LogP contribution in [0.1, 0.15) is 29.5 Å². The van der Waals surface area contributed by atoms with E-state index in [1.165, 1.54) is 0 Å². The van der Waals surface area contributed by atoms with Crippen molar-refractivity contribution < 1.29 is 28.3 Å². The number of carbonyl (C=O) groups is 1. The van der Waals surface area contributed by atoms with Gasteiger partial charge in [0.05, 0.1) is 6.61 Å². The van der Waals surface area contributed by atoms with E-state index < -0.39 is 5.97 Å². The van der Waals surface area contributed by atoms with Crippen LogP contribution in [0.5, 0.6) is 17.2 Å². The number of carbonyl (C=O) groups excluding carboxylic acids is 1. The van der Waals surface area contributed by atoms with Gasteiger partial charge in [-0.05, 0) is 67.9 Å². The van der Waals surface area contributed by atoms with Crippen molar-refractivity contribution >= 4 is 11.7 Å². The maximum Gasteiger partial charge on any atom is 0.361 e. The Labute approximate surface area is 244 Å². The first kappa shape index (κ1) is 28.2. The lowest BCUT2D eigenvalue weighted by molar-refractivity contribution is -0.135. The summed E-state index contributed by atoms with van der Waals surface area (Å²) in [5, 5.41) is 4.13. The van der Waals surface area contributed by atoms with Gasteiger partial charge in [0.25, 0.3) is 0 Å². The van der Waals surface area contributed by atoms with Crippen molar-refractivity contribution in [2.75, 3.05) is 6.61 Å². The Morgan fingerprint density at radius 2 is 1.52 bits per heavy atom. The minimum absolute atomic E-state index is 0.0492. The summed E-state index contributed by atoms with van der Waals surface area (Å²) < 4.78 is 22.9. The summed E-state index contributed by atoms with van der Waals surface area (Å²) in [4.78, 5) is 22.8. The van der Waals surface area contributed by atoms with Gasteiger partial charge in [0.15, 0.2) is 5.71 Å². The van der Waals surface area contributed by atoms with Gasteiger partial charge in [-0.2, -0.15) is 0 Å². The first-order valence-electron chi connectivity index (χ1n) is 13.5. The van der Waals surface area contributed by atoms with E-state index in [0.717, 1.165) is 16.8 Å². The monoisotopic (exact) mass is 562 g/mol. The van der Waals surface area contributed by atoms with Crippen molar-refractivity contribution in [1.82, 2.24) is 4.98 Å². The minimum atomic E-state index is -0.586. The fraction of sp³-hybridized carbons (Fsp3) is 0.147. The van der Waals surface area contributed by atoms with Crippen LogP contribution in [0.3, 0.4) is 0 Å². The Kier molecular flexibility index (Phi) is 9.26. The normalized spacial score (nSPS) is 11.1. The Morgan fingerprint density at radius 1 is 0.810 bits per heavy atom. The fourth-order valence-corrected chi connectivity index (χ4v) is 4.01. The lowest BCUT2D eigenvalue weighted by atomic mass is 10.1. The predicted octanol–water partition coefficient (Wildman–Crippen LogP) is 7.51. The fourth-order valence-electron chi connectivity index (χ4n) is 4.01. The maximum atomic E-state index is 12.7. The molecule has 8 heteroatoms. The predicted molar refractivity (Wildman–Crippen MR) is 158 cm³/mol. The summed E-state index contributed by atoms with van der Waals surface area (Å²) in [7, 11) is 0. The Hall–Kier alpha value is -5.37. The number of oxazole rings is 1. The second kappa shape index (κ2) is 13.8. The number of nitrogens with zero attached hydrogens (tertiary/aromatic N) is 2. The van der Waals surface area contributed by atoms with Crippen molar-refractivity contribution in [2.45, 2.75) is 27.1 Å². The van der Waals surface area contributed by atoms with Crippen LogP contribution < -0.4 is 9.47 Å². The van der Waals surface area contributed by atoms with Gasteiger partial charge in [-0.25, -0.2) is 9.78 Å². The van der Waals surface area contributed by atoms with E-state index >= 15 is 0 Å². The van der Waals surface area contributed by atoms with Gasteiger partial charge in [-0.3, -0.25) is 0 Å². The molecular formula is C34H30N2O6. The molecule has 42 heavy (non-hydrogen) atoms. The molecular weight excluding hydrogens is 532 g/mol. The van der Waals surface area contributed by atoms with Gasteiger partial charge < -0.3 is 23.5 Å². The summed E-state index contributed by atoms with van der Waals surface area (Å²) in [6.45, 7) is 4.24. The van der Waals surface area contributed by atoms with E-state index in [9.17, 15) is 4.79 Å². The zero-order valence-electron chi connectivity index (χ0n) is 23.4. The number of benzene rings is 4. The van der Waals surface area contributed by atoms with Crippen LogP contribution in [-0.4, -0.2) is 23.3 Å². The molecule has 0 saturated carbocycles. The van der Waals surface area contributed by atoms with E-state index in [1.54, 1.807) is 31.2 Å². The zero-order valence-corrected chi connectivity index (χ0v) is 23.4. The molecule has 0 spiro atoms. The van der Waals surface area contributed by atoms with Crippen molar-refractivity contribution in [2.24, 2.45) is 5.16 Å². The summed E-state index contributed by atoms with van der Waals surface area (Å²) in [6.07, 6.45) is 0. The van der Waals surface area contributed by atoms with Gasteiger partial charge in [0, 0.05) is 11.1 Å². The van der Waals surface area contributed by atoms with Crippen molar-refractivity contribution in [3.63, 3.8) is 0 Å². The molecule has 5 rings (SSSR count). The highest BCUT2D eigenvalue weighted by Crippen LogP contribution is 2.24. The molecule has 0 aliphatic rings. The lowest BCUT2D eigenvalue weighted by Gasteiger charge is -2.10. The Bertz CT molecular complexity index is 1630. The number of esters is 1. The maximum absolute atomic E-state index is 12.7. The highest BCUT2D eigenvalue weighted by molar-refractivity contribution is 6.43. The molecule has 0 unspecified atom stereocenters. The molecule has 0 atom stereocenters. The van der Waals surface area contributed by atoms with Gasteiger partial charge in [-0.1, -0.05) is 65.8 Å². The Morgan fingerprint density at radius 3 is 2.26 bits per heavy atom. The van der Waals surface area contributed by atoms with Crippen LogP contribution in [0.15, 0.2) is 119 Å². The summed E-state index contributed by atoms with van der Waals surface area (Å²) in [5.41, 5.74) is 3.07. The second-order valence-electron chi connectivity index (χ2n) is 9.20. The third-order valence-electron chi connectivity index (χ3n) is 6.15. The number of ether oxygens (including phenoxy) is 3. The molecule has 5 aromatic rings. The van der Waals surface area contributed by atoms with Gasteiger partial charge in [0.1, 0.15) is 41.9 Å². The highest BCUT2D eigenvalue weighted by atomic mass is 16.6. The summed E-state index contributed by atoms with van der Waals surface area (Å²) >= 11 is 0. The average Bonchev–Trinajstić information content (AvgIpc) is 3.40. The van der Waals surface area contributed by atoms with Crippen molar-refractivity contribution in [3.05, 3.63) is 132 Å². The summed E-state index contributed by atoms with van der Waals surface area (Å²) in [5.74, 6) is 2.61. The van der Waals surface area contributed by atoms with Crippen molar-refractivity contribution in [3.8, 4) is 28.7 Å². The molecule has 0 bridgehead atoms. The standard InChI is InChI=1S/C34H30N2O6/c1-3-38-34(37)32(27-13-10-16-30(21-27)42-29-14-8-5-9-15-29)36-40-22-25-17-19-28(20-18-25)39-23-31-24(2)41-33(35-31)26-11-6-4-7-12-26/h4-21H,3,22-23H2,1-2H3/b36-32+. The number of aromatic nitrogens is 1. The van der Waals surface area contributed by atoms with Gasteiger partial charge in [-0.15, -0.1) is 0 Å². The highest BCUT2D eigenvalue weighted by Gasteiger charge is 2.18. The molecule has 1 heterocycles. The molecule has 0 N–H and O–H groups in total. The molecule has 4 aromatic carbocycles. The van der Waals surface area contributed by atoms with Crippen LogP contribution >= 0.6 is 0 Å². The zero-order chi connectivity index (χ0) is 29.1. The van der Waals surface area contributed by atoms with E-state index in [-0.39, 0.29) is 25.5 Å². The number of para-hydroxylation sites is 1. The van der Waals surface area contributed by atoms with Crippen LogP contribution in [0.2, 0.25) is 0 Å².